The van der Waals surface area contributed by atoms with Crippen molar-refractivity contribution in [1.29, 1.82) is 0 Å². The normalized spacial score (nSPS) is 12.5. The molecule has 0 saturated heterocycles. The smallest absolute Gasteiger partial charge is 0.315 e. The van der Waals surface area contributed by atoms with Gasteiger partial charge in [0.2, 0.25) is 0 Å². The van der Waals surface area contributed by atoms with E-state index >= 15 is 0 Å². The van der Waals surface area contributed by atoms with Crippen molar-refractivity contribution in [2.24, 2.45) is 5.92 Å². The second kappa shape index (κ2) is 8.62. The molecule has 0 spiro atoms. The number of hydrogen-bond donors (Lipinski definition) is 2. The Kier molecular flexibility index (Phi) is 7.15. The van der Waals surface area contributed by atoms with Crippen LogP contribution in [-0.2, 0) is 6.54 Å². The SMILES string of the molecule is CC(C)CC(CN(C)C)NC(=O)NCc1ccc(F)cc1. The van der Waals surface area contributed by atoms with E-state index in [2.05, 4.69) is 29.4 Å². The van der Waals surface area contributed by atoms with Crippen molar-refractivity contribution in [3.63, 3.8) is 0 Å². The molecule has 1 unspecified atom stereocenters. The number of carbonyl (C=O) groups excluding carboxylic acids is 1. The number of nitrogens with zero attached hydrogens (tertiary/aromatic N) is 1. The number of halogens is 1. The summed E-state index contributed by atoms with van der Waals surface area (Å²) >= 11 is 0. The molecule has 0 aliphatic heterocycles. The van der Waals surface area contributed by atoms with Crippen molar-refractivity contribution in [3.8, 4) is 0 Å². The summed E-state index contributed by atoms with van der Waals surface area (Å²) in [6.07, 6.45) is 0.933. The molecule has 0 aliphatic rings. The average molecular weight is 295 g/mol. The second-order valence-corrected chi connectivity index (χ2v) is 6.04. The van der Waals surface area contributed by atoms with E-state index in [1.54, 1.807) is 12.1 Å². The summed E-state index contributed by atoms with van der Waals surface area (Å²) in [5.74, 6) is 0.249. The maximum absolute atomic E-state index is 12.8. The summed E-state index contributed by atoms with van der Waals surface area (Å²) in [7, 11) is 3.98. The first-order valence-electron chi connectivity index (χ1n) is 7.30. The lowest BCUT2D eigenvalue weighted by Gasteiger charge is -2.24. The zero-order valence-corrected chi connectivity index (χ0v) is 13.3. The molecule has 4 nitrogen and oxygen atoms in total. The molecule has 5 heteroatoms. The van der Waals surface area contributed by atoms with Crippen molar-refractivity contribution in [2.75, 3.05) is 20.6 Å². The monoisotopic (exact) mass is 295 g/mol. The lowest BCUT2D eigenvalue weighted by Crippen LogP contribution is -2.46. The zero-order valence-electron chi connectivity index (χ0n) is 13.3. The van der Waals surface area contributed by atoms with Gasteiger partial charge in [0.05, 0.1) is 0 Å². The predicted octanol–water partition coefficient (Wildman–Crippen LogP) is 2.60. The van der Waals surface area contributed by atoms with E-state index in [0.29, 0.717) is 12.5 Å². The molecule has 2 N–H and O–H groups in total. The van der Waals surface area contributed by atoms with Gasteiger partial charge in [-0.1, -0.05) is 26.0 Å². The van der Waals surface area contributed by atoms with Gasteiger partial charge in [0.1, 0.15) is 5.82 Å². The van der Waals surface area contributed by atoms with Gasteiger partial charge in [0.15, 0.2) is 0 Å². The van der Waals surface area contributed by atoms with E-state index in [1.165, 1.54) is 12.1 Å². The number of benzene rings is 1. The van der Waals surface area contributed by atoms with Crippen LogP contribution in [0.4, 0.5) is 9.18 Å². The number of urea groups is 1. The van der Waals surface area contributed by atoms with Crippen LogP contribution in [0, 0.1) is 11.7 Å². The van der Waals surface area contributed by atoms with Gasteiger partial charge >= 0.3 is 6.03 Å². The highest BCUT2D eigenvalue weighted by atomic mass is 19.1. The number of carbonyl (C=O) groups is 1. The quantitative estimate of drug-likeness (QED) is 0.812. The Balaban J connectivity index is 2.43. The van der Waals surface area contributed by atoms with Crippen molar-refractivity contribution in [2.45, 2.75) is 32.9 Å². The van der Waals surface area contributed by atoms with E-state index in [1.807, 2.05) is 14.1 Å². The fourth-order valence-corrected chi connectivity index (χ4v) is 2.21. The summed E-state index contributed by atoms with van der Waals surface area (Å²) in [5.41, 5.74) is 0.875. The molecule has 0 aromatic heterocycles. The van der Waals surface area contributed by atoms with Gasteiger partial charge < -0.3 is 15.5 Å². The molecular weight excluding hydrogens is 269 g/mol. The Morgan fingerprint density at radius 1 is 1.24 bits per heavy atom. The fourth-order valence-electron chi connectivity index (χ4n) is 2.21. The third-order valence-electron chi connectivity index (χ3n) is 3.04. The molecule has 118 valence electrons. The first-order valence-corrected chi connectivity index (χ1v) is 7.30. The highest BCUT2D eigenvalue weighted by Gasteiger charge is 2.14. The van der Waals surface area contributed by atoms with Crippen molar-refractivity contribution in [3.05, 3.63) is 35.6 Å². The van der Waals surface area contributed by atoms with Gasteiger partial charge in [-0.3, -0.25) is 0 Å². The Morgan fingerprint density at radius 2 is 1.86 bits per heavy atom. The van der Waals surface area contributed by atoms with Crippen LogP contribution in [0.25, 0.3) is 0 Å². The maximum atomic E-state index is 12.8. The van der Waals surface area contributed by atoms with Gasteiger partial charge in [-0.25, -0.2) is 9.18 Å². The van der Waals surface area contributed by atoms with Gasteiger partial charge in [-0.05, 0) is 44.1 Å². The standard InChI is InChI=1S/C16H26FN3O/c1-12(2)9-15(11-20(3)4)19-16(21)18-10-13-5-7-14(17)8-6-13/h5-8,12,15H,9-11H2,1-4H3,(H2,18,19,21). The summed E-state index contributed by atoms with van der Waals surface area (Å²) < 4.78 is 12.8. The second-order valence-electron chi connectivity index (χ2n) is 6.04. The van der Waals surface area contributed by atoms with Gasteiger partial charge in [-0.15, -0.1) is 0 Å². The number of nitrogens with one attached hydrogen (secondary N) is 2. The molecule has 1 aromatic rings. The molecular formula is C16H26FN3O. The zero-order chi connectivity index (χ0) is 15.8. The van der Waals surface area contributed by atoms with E-state index in [9.17, 15) is 9.18 Å². The fraction of sp³-hybridized carbons (Fsp3) is 0.562. The third-order valence-corrected chi connectivity index (χ3v) is 3.04. The predicted molar refractivity (Wildman–Crippen MR) is 83.6 cm³/mol. The van der Waals surface area contributed by atoms with E-state index in [-0.39, 0.29) is 17.9 Å². The first-order chi connectivity index (χ1) is 9.86. The Labute approximate surface area is 126 Å². The minimum atomic E-state index is -0.272. The first kappa shape index (κ1) is 17.4. The molecule has 1 rings (SSSR count). The molecule has 0 aliphatic carbocycles. The number of hydrogen-bond acceptors (Lipinski definition) is 2. The highest BCUT2D eigenvalue weighted by Crippen LogP contribution is 2.06. The van der Waals surface area contributed by atoms with Crippen LogP contribution in [0.2, 0.25) is 0 Å². The van der Waals surface area contributed by atoms with Crippen LogP contribution in [-0.4, -0.2) is 37.6 Å². The number of rotatable bonds is 7. The van der Waals surface area contributed by atoms with Crippen LogP contribution in [0.1, 0.15) is 25.8 Å². The van der Waals surface area contributed by atoms with Crippen LogP contribution in [0.3, 0.4) is 0 Å². The Hall–Kier alpha value is -1.62. The van der Waals surface area contributed by atoms with Crippen LogP contribution >= 0.6 is 0 Å². The molecule has 0 heterocycles. The summed E-state index contributed by atoms with van der Waals surface area (Å²) in [5, 5.41) is 5.80. The van der Waals surface area contributed by atoms with Gasteiger partial charge in [0.25, 0.3) is 0 Å². The molecule has 0 saturated carbocycles. The minimum absolute atomic E-state index is 0.119. The molecule has 0 bridgehead atoms. The molecule has 21 heavy (non-hydrogen) atoms. The lowest BCUT2D eigenvalue weighted by atomic mass is 10.0. The molecule has 0 radical (unpaired) electrons. The van der Waals surface area contributed by atoms with E-state index in [4.69, 9.17) is 0 Å². The van der Waals surface area contributed by atoms with Crippen LogP contribution in [0.5, 0.6) is 0 Å². The van der Waals surface area contributed by atoms with Crippen LogP contribution < -0.4 is 10.6 Å². The van der Waals surface area contributed by atoms with Crippen molar-refractivity contribution < 1.29 is 9.18 Å². The molecule has 2 amide bonds. The van der Waals surface area contributed by atoms with Crippen LogP contribution in [0.15, 0.2) is 24.3 Å². The topological polar surface area (TPSA) is 44.4 Å². The average Bonchev–Trinajstić information content (AvgIpc) is 2.36. The molecule has 1 atom stereocenters. The number of amides is 2. The summed E-state index contributed by atoms with van der Waals surface area (Å²) in [6.45, 7) is 5.48. The summed E-state index contributed by atoms with van der Waals surface area (Å²) in [6, 6.07) is 6.05. The van der Waals surface area contributed by atoms with Crippen molar-refractivity contribution >= 4 is 6.03 Å². The Bertz CT molecular complexity index is 422. The largest absolute Gasteiger partial charge is 0.334 e. The Morgan fingerprint density at radius 3 is 2.38 bits per heavy atom. The van der Waals surface area contributed by atoms with E-state index < -0.39 is 0 Å². The molecule has 1 aromatic carbocycles. The lowest BCUT2D eigenvalue weighted by molar-refractivity contribution is 0.228. The summed E-state index contributed by atoms with van der Waals surface area (Å²) in [4.78, 5) is 14.0. The maximum Gasteiger partial charge on any atom is 0.315 e. The highest BCUT2D eigenvalue weighted by molar-refractivity contribution is 5.74. The van der Waals surface area contributed by atoms with Crippen molar-refractivity contribution in [1.82, 2.24) is 15.5 Å². The van der Waals surface area contributed by atoms with Gasteiger partial charge in [0, 0.05) is 19.1 Å². The minimum Gasteiger partial charge on any atom is -0.334 e. The third kappa shape index (κ3) is 7.66. The molecule has 0 fully saturated rings. The van der Waals surface area contributed by atoms with E-state index in [0.717, 1.165) is 18.5 Å². The number of likely N-dealkylation sites (N-methyl/N-ethyl adjacent to an activating group) is 1. The van der Waals surface area contributed by atoms with Gasteiger partial charge in [-0.2, -0.15) is 0 Å².